The summed E-state index contributed by atoms with van der Waals surface area (Å²) in [6.45, 7) is 7.62. The molecule has 0 fully saturated rings. The Morgan fingerprint density at radius 1 is 1.50 bits per heavy atom. The van der Waals surface area contributed by atoms with Crippen LogP contribution in [-0.2, 0) is 0 Å². The zero-order chi connectivity index (χ0) is 6.41. The van der Waals surface area contributed by atoms with Crippen LogP contribution in [0.2, 0.25) is 0 Å². The van der Waals surface area contributed by atoms with Gasteiger partial charge in [0.15, 0.2) is 0 Å². The minimum atomic E-state index is 1.24. The van der Waals surface area contributed by atoms with Crippen LogP contribution in [0.4, 0.5) is 0 Å². The summed E-state index contributed by atoms with van der Waals surface area (Å²) in [6.07, 6.45) is 7.81. The molecule has 0 aliphatic carbocycles. The molecular formula is C8H12. The van der Waals surface area contributed by atoms with Gasteiger partial charge < -0.3 is 0 Å². The highest BCUT2D eigenvalue weighted by atomic mass is 13.8. The van der Waals surface area contributed by atoms with E-state index in [1.807, 2.05) is 32.1 Å². The van der Waals surface area contributed by atoms with Crippen molar-refractivity contribution in [2.24, 2.45) is 0 Å². The molecule has 0 nitrogen and oxygen atoms in total. The Morgan fingerprint density at radius 2 is 2.12 bits per heavy atom. The molecule has 0 atom stereocenters. The zero-order valence-electron chi connectivity index (χ0n) is 5.52. The largest absolute Gasteiger partial charge is 0.0991 e. The Kier molecular flexibility index (Phi) is 3.95. The highest BCUT2D eigenvalue weighted by Gasteiger charge is 1.71. The highest BCUT2D eigenvalue weighted by Crippen LogP contribution is 1.92. The summed E-state index contributed by atoms with van der Waals surface area (Å²) < 4.78 is 0. The van der Waals surface area contributed by atoms with Crippen molar-refractivity contribution in [3.05, 3.63) is 36.5 Å². The van der Waals surface area contributed by atoms with E-state index < -0.39 is 0 Å². The van der Waals surface area contributed by atoms with Gasteiger partial charge in [-0.15, -0.1) is 0 Å². The summed E-state index contributed by atoms with van der Waals surface area (Å²) >= 11 is 0. The van der Waals surface area contributed by atoms with Crippen LogP contribution in [0.1, 0.15) is 13.8 Å². The maximum absolute atomic E-state index is 3.57. The first-order chi connectivity index (χ1) is 3.81. The molecule has 0 saturated heterocycles. The summed E-state index contributed by atoms with van der Waals surface area (Å²) in [7, 11) is 0. The standard InChI is InChI=1S/C8H12/c1-4-6-8(3)7-5-2/h4-7H,1H2,2-3H3. The Morgan fingerprint density at radius 3 is 2.50 bits per heavy atom. The first-order valence-corrected chi connectivity index (χ1v) is 2.73. The van der Waals surface area contributed by atoms with Crippen molar-refractivity contribution in [1.29, 1.82) is 0 Å². The van der Waals surface area contributed by atoms with Crippen molar-refractivity contribution in [1.82, 2.24) is 0 Å². The van der Waals surface area contributed by atoms with Crippen molar-refractivity contribution in [2.45, 2.75) is 13.8 Å². The molecule has 0 amide bonds. The monoisotopic (exact) mass is 108 g/mol. The number of hydrogen-bond donors (Lipinski definition) is 0. The third-order valence-corrected chi connectivity index (χ3v) is 0.810. The third kappa shape index (κ3) is 3.41. The second-order valence-electron chi connectivity index (χ2n) is 1.65. The Bertz CT molecular complexity index is 116. The van der Waals surface area contributed by atoms with Crippen molar-refractivity contribution in [3.8, 4) is 0 Å². The molecular weight excluding hydrogens is 96.1 g/mol. The molecule has 0 aromatic heterocycles. The zero-order valence-corrected chi connectivity index (χ0v) is 5.52. The highest BCUT2D eigenvalue weighted by molar-refractivity contribution is 5.19. The molecule has 0 radical (unpaired) electrons. The van der Waals surface area contributed by atoms with Gasteiger partial charge in [-0.3, -0.25) is 0 Å². The van der Waals surface area contributed by atoms with Crippen molar-refractivity contribution >= 4 is 0 Å². The number of rotatable bonds is 2. The normalized spacial score (nSPS) is 12.5. The van der Waals surface area contributed by atoms with Gasteiger partial charge in [0.1, 0.15) is 0 Å². The molecule has 0 aromatic carbocycles. The topological polar surface area (TPSA) is 0 Å². The van der Waals surface area contributed by atoms with Crippen LogP contribution in [-0.4, -0.2) is 0 Å². The van der Waals surface area contributed by atoms with E-state index in [4.69, 9.17) is 0 Å². The SMILES string of the molecule is C=CC=C(C)C=CC. The average Bonchev–Trinajstić information content (AvgIpc) is 1.68. The summed E-state index contributed by atoms with van der Waals surface area (Å²) in [4.78, 5) is 0. The van der Waals surface area contributed by atoms with Gasteiger partial charge in [0.2, 0.25) is 0 Å². The van der Waals surface area contributed by atoms with Crippen LogP contribution in [0.5, 0.6) is 0 Å². The molecule has 0 aliphatic heterocycles. The van der Waals surface area contributed by atoms with E-state index in [-0.39, 0.29) is 0 Å². The lowest BCUT2D eigenvalue weighted by Gasteiger charge is -1.82. The summed E-state index contributed by atoms with van der Waals surface area (Å²) in [5.74, 6) is 0. The van der Waals surface area contributed by atoms with E-state index in [0.29, 0.717) is 0 Å². The minimum absolute atomic E-state index is 1.24. The maximum Gasteiger partial charge on any atom is -0.0398 e. The van der Waals surface area contributed by atoms with Crippen LogP contribution in [0.3, 0.4) is 0 Å². The maximum atomic E-state index is 3.57. The Hall–Kier alpha value is -0.780. The smallest absolute Gasteiger partial charge is 0.0398 e. The first kappa shape index (κ1) is 7.22. The molecule has 0 bridgehead atoms. The lowest BCUT2D eigenvalue weighted by Crippen LogP contribution is -1.61. The van der Waals surface area contributed by atoms with E-state index in [0.717, 1.165) is 0 Å². The van der Waals surface area contributed by atoms with Gasteiger partial charge in [-0.1, -0.05) is 36.5 Å². The molecule has 0 aliphatic rings. The molecule has 44 valence electrons. The van der Waals surface area contributed by atoms with Crippen molar-refractivity contribution in [3.63, 3.8) is 0 Å². The fourth-order valence-electron chi connectivity index (χ4n) is 0.504. The van der Waals surface area contributed by atoms with E-state index >= 15 is 0 Å². The molecule has 0 heteroatoms. The Balaban J connectivity index is 3.79. The summed E-state index contributed by atoms with van der Waals surface area (Å²) in [6, 6.07) is 0. The van der Waals surface area contributed by atoms with Crippen LogP contribution < -0.4 is 0 Å². The van der Waals surface area contributed by atoms with Crippen LogP contribution in [0, 0.1) is 0 Å². The van der Waals surface area contributed by atoms with Crippen molar-refractivity contribution in [2.75, 3.05) is 0 Å². The van der Waals surface area contributed by atoms with Gasteiger partial charge >= 0.3 is 0 Å². The molecule has 0 unspecified atom stereocenters. The average molecular weight is 108 g/mol. The molecule has 0 aromatic rings. The molecule has 0 spiro atoms. The summed E-state index contributed by atoms with van der Waals surface area (Å²) in [5, 5.41) is 0. The van der Waals surface area contributed by atoms with E-state index in [1.165, 1.54) is 5.57 Å². The molecule has 8 heavy (non-hydrogen) atoms. The number of hydrogen-bond acceptors (Lipinski definition) is 0. The molecule has 0 saturated carbocycles. The fraction of sp³-hybridized carbons (Fsp3) is 0.250. The Labute approximate surface area is 51.2 Å². The second kappa shape index (κ2) is 4.38. The van der Waals surface area contributed by atoms with E-state index in [9.17, 15) is 0 Å². The van der Waals surface area contributed by atoms with Gasteiger partial charge in [0.25, 0.3) is 0 Å². The van der Waals surface area contributed by atoms with E-state index in [2.05, 4.69) is 6.58 Å². The molecule has 0 N–H and O–H groups in total. The predicted octanol–water partition coefficient (Wildman–Crippen LogP) is 2.69. The number of allylic oxidation sites excluding steroid dienone is 5. The minimum Gasteiger partial charge on any atom is -0.0991 e. The van der Waals surface area contributed by atoms with Crippen LogP contribution >= 0.6 is 0 Å². The van der Waals surface area contributed by atoms with Gasteiger partial charge in [-0.2, -0.15) is 0 Å². The summed E-state index contributed by atoms with van der Waals surface area (Å²) in [5.41, 5.74) is 1.24. The fourth-order valence-corrected chi connectivity index (χ4v) is 0.504. The van der Waals surface area contributed by atoms with E-state index in [1.54, 1.807) is 6.08 Å². The lowest BCUT2D eigenvalue weighted by atomic mass is 10.2. The van der Waals surface area contributed by atoms with Crippen LogP contribution in [0.25, 0.3) is 0 Å². The predicted molar refractivity (Wildman–Crippen MR) is 38.8 cm³/mol. The molecule has 0 rings (SSSR count). The lowest BCUT2D eigenvalue weighted by molar-refractivity contribution is 1.51. The third-order valence-electron chi connectivity index (χ3n) is 0.810. The van der Waals surface area contributed by atoms with Crippen molar-refractivity contribution < 1.29 is 0 Å². The van der Waals surface area contributed by atoms with Gasteiger partial charge in [0, 0.05) is 0 Å². The van der Waals surface area contributed by atoms with Crippen LogP contribution in [0.15, 0.2) is 36.5 Å². The first-order valence-electron chi connectivity index (χ1n) is 2.73. The van der Waals surface area contributed by atoms with Gasteiger partial charge in [-0.25, -0.2) is 0 Å². The second-order valence-corrected chi connectivity index (χ2v) is 1.65. The molecule has 0 heterocycles. The quantitative estimate of drug-likeness (QED) is 0.477. The van der Waals surface area contributed by atoms with Gasteiger partial charge in [-0.05, 0) is 13.8 Å². The van der Waals surface area contributed by atoms with Gasteiger partial charge in [0.05, 0.1) is 0 Å².